The molecule has 0 unspecified atom stereocenters. The first kappa shape index (κ1) is 16.5. The Morgan fingerprint density at radius 2 is 2.05 bits per heavy atom. The molecule has 6 heteroatoms. The van der Waals surface area contributed by atoms with E-state index in [-0.39, 0.29) is 11.2 Å². The van der Waals surface area contributed by atoms with Crippen LogP contribution in [0, 0.1) is 11.3 Å². The summed E-state index contributed by atoms with van der Waals surface area (Å²) in [6.45, 7) is 5.00. The lowest BCUT2D eigenvalue weighted by atomic mass is 9.79. The molecular formula is C15H27N3O2S. The SMILES string of the molecule is CC(C)CC1(CNS(=O)(=O)Cc2ccnn2C)CCCC1. The predicted octanol–water partition coefficient (Wildman–Crippen LogP) is 2.45. The monoisotopic (exact) mass is 313 g/mol. The van der Waals surface area contributed by atoms with Gasteiger partial charge >= 0.3 is 0 Å². The second kappa shape index (κ2) is 6.48. The Labute approximate surface area is 128 Å². The van der Waals surface area contributed by atoms with Crippen molar-refractivity contribution in [2.75, 3.05) is 6.54 Å². The number of hydrogen-bond acceptors (Lipinski definition) is 3. The summed E-state index contributed by atoms with van der Waals surface area (Å²) in [5.41, 5.74) is 0.875. The van der Waals surface area contributed by atoms with Crippen LogP contribution in [0.2, 0.25) is 0 Å². The largest absolute Gasteiger partial charge is 0.272 e. The number of nitrogens with one attached hydrogen (secondary N) is 1. The van der Waals surface area contributed by atoms with E-state index in [0.717, 1.165) is 19.3 Å². The van der Waals surface area contributed by atoms with E-state index in [9.17, 15) is 8.42 Å². The van der Waals surface area contributed by atoms with Crippen LogP contribution >= 0.6 is 0 Å². The highest BCUT2D eigenvalue weighted by molar-refractivity contribution is 7.88. The summed E-state index contributed by atoms with van der Waals surface area (Å²) >= 11 is 0. The molecule has 120 valence electrons. The van der Waals surface area contributed by atoms with Gasteiger partial charge in [-0.25, -0.2) is 13.1 Å². The minimum Gasteiger partial charge on any atom is -0.272 e. The molecule has 0 atom stereocenters. The first-order valence-electron chi connectivity index (χ1n) is 7.76. The van der Waals surface area contributed by atoms with Crippen LogP contribution in [0.15, 0.2) is 12.3 Å². The molecule has 1 saturated carbocycles. The summed E-state index contributed by atoms with van der Waals surface area (Å²) < 4.78 is 29.0. The maximum atomic E-state index is 12.3. The topological polar surface area (TPSA) is 64.0 Å². The second-order valence-electron chi connectivity index (χ2n) is 6.83. The van der Waals surface area contributed by atoms with Crippen LogP contribution in [0.5, 0.6) is 0 Å². The Morgan fingerprint density at radius 3 is 2.57 bits per heavy atom. The molecular weight excluding hydrogens is 286 g/mol. The van der Waals surface area contributed by atoms with Crippen molar-refractivity contribution in [1.82, 2.24) is 14.5 Å². The zero-order valence-electron chi connectivity index (χ0n) is 13.3. The quantitative estimate of drug-likeness (QED) is 0.841. The molecule has 5 nitrogen and oxygen atoms in total. The van der Waals surface area contributed by atoms with E-state index in [1.165, 1.54) is 12.8 Å². The van der Waals surface area contributed by atoms with E-state index < -0.39 is 10.0 Å². The van der Waals surface area contributed by atoms with E-state index in [0.29, 0.717) is 18.2 Å². The van der Waals surface area contributed by atoms with Crippen LogP contribution in [-0.4, -0.2) is 24.7 Å². The van der Waals surface area contributed by atoms with Crippen molar-refractivity contribution in [3.05, 3.63) is 18.0 Å². The van der Waals surface area contributed by atoms with Gasteiger partial charge < -0.3 is 0 Å². The van der Waals surface area contributed by atoms with Gasteiger partial charge in [-0.05, 0) is 36.7 Å². The van der Waals surface area contributed by atoms with Gasteiger partial charge in [-0.1, -0.05) is 26.7 Å². The van der Waals surface area contributed by atoms with Crippen LogP contribution in [0.1, 0.15) is 51.6 Å². The third kappa shape index (κ3) is 4.54. The van der Waals surface area contributed by atoms with Gasteiger partial charge in [0.1, 0.15) is 5.75 Å². The van der Waals surface area contributed by atoms with Crippen molar-refractivity contribution in [1.29, 1.82) is 0 Å². The van der Waals surface area contributed by atoms with Crippen molar-refractivity contribution >= 4 is 10.0 Å². The molecule has 1 aromatic rings. The molecule has 0 radical (unpaired) electrons. The van der Waals surface area contributed by atoms with E-state index >= 15 is 0 Å². The lowest BCUT2D eigenvalue weighted by Crippen LogP contribution is -2.37. The second-order valence-corrected chi connectivity index (χ2v) is 8.64. The Bertz CT molecular complexity index is 557. The number of sulfonamides is 1. The maximum absolute atomic E-state index is 12.3. The summed E-state index contributed by atoms with van der Waals surface area (Å²) in [7, 11) is -1.53. The minimum absolute atomic E-state index is 0.00125. The fourth-order valence-corrected chi connectivity index (χ4v) is 4.80. The lowest BCUT2D eigenvalue weighted by molar-refractivity contribution is 0.236. The first-order chi connectivity index (χ1) is 9.82. The summed E-state index contributed by atoms with van der Waals surface area (Å²) in [5.74, 6) is 0.603. The van der Waals surface area contributed by atoms with Crippen LogP contribution in [0.4, 0.5) is 0 Å². The summed E-state index contributed by atoms with van der Waals surface area (Å²) in [6.07, 6.45) is 7.44. The van der Waals surface area contributed by atoms with Gasteiger partial charge in [0.15, 0.2) is 0 Å². The predicted molar refractivity (Wildman–Crippen MR) is 84.2 cm³/mol. The van der Waals surface area contributed by atoms with E-state index in [1.807, 2.05) is 0 Å². The smallest absolute Gasteiger partial charge is 0.217 e. The van der Waals surface area contributed by atoms with Crippen LogP contribution in [0.3, 0.4) is 0 Å². The molecule has 1 aromatic heterocycles. The molecule has 2 rings (SSSR count). The number of nitrogens with zero attached hydrogens (tertiary/aromatic N) is 2. The van der Waals surface area contributed by atoms with Crippen molar-refractivity contribution in [2.24, 2.45) is 18.4 Å². The van der Waals surface area contributed by atoms with Crippen molar-refractivity contribution in [2.45, 2.75) is 51.7 Å². The van der Waals surface area contributed by atoms with Gasteiger partial charge in [-0.2, -0.15) is 5.10 Å². The van der Waals surface area contributed by atoms with Crippen molar-refractivity contribution in [3.8, 4) is 0 Å². The Morgan fingerprint density at radius 1 is 1.38 bits per heavy atom. The van der Waals surface area contributed by atoms with E-state index in [1.54, 1.807) is 24.0 Å². The molecule has 0 aliphatic heterocycles. The highest BCUT2D eigenvalue weighted by Crippen LogP contribution is 2.42. The molecule has 1 aliphatic rings. The number of aromatic nitrogens is 2. The number of rotatable bonds is 7. The van der Waals surface area contributed by atoms with Gasteiger partial charge in [0.2, 0.25) is 10.0 Å². The zero-order chi connectivity index (χ0) is 15.5. The summed E-state index contributed by atoms with van der Waals surface area (Å²) in [6, 6.07) is 1.75. The van der Waals surface area contributed by atoms with E-state index in [2.05, 4.69) is 23.7 Å². The van der Waals surface area contributed by atoms with Crippen molar-refractivity contribution < 1.29 is 8.42 Å². The molecule has 0 spiro atoms. The Balaban J connectivity index is 1.98. The van der Waals surface area contributed by atoms with Gasteiger partial charge in [0, 0.05) is 19.8 Å². The first-order valence-corrected chi connectivity index (χ1v) is 9.41. The molecule has 0 aromatic carbocycles. The lowest BCUT2D eigenvalue weighted by Gasteiger charge is -2.31. The highest BCUT2D eigenvalue weighted by atomic mass is 32.2. The van der Waals surface area contributed by atoms with E-state index in [4.69, 9.17) is 0 Å². The number of aryl methyl sites for hydroxylation is 1. The fourth-order valence-electron chi connectivity index (χ4n) is 3.50. The molecule has 21 heavy (non-hydrogen) atoms. The molecule has 0 amide bonds. The minimum atomic E-state index is -3.30. The molecule has 1 N–H and O–H groups in total. The Hall–Kier alpha value is -0.880. The highest BCUT2D eigenvalue weighted by Gasteiger charge is 2.35. The average molecular weight is 313 g/mol. The summed E-state index contributed by atoms with van der Waals surface area (Å²) in [4.78, 5) is 0. The van der Waals surface area contributed by atoms with Crippen LogP contribution < -0.4 is 4.72 Å². The third-order valence-corrected chi connectivity index (χ3v) is 5.69. The fraction of sp³-hybridized carbons (Fsp3) is 0.800. The number of hydrogen-bond donors (Lipinski definition) is 1. The zero-order valence-corrected chi connectivity index (χ0v) is 14.1. The van der Waals surface area contributed by atoms with Crippen molar-refractivity contribution in [3.63, 3.8) is 0 Å². The van der Waals surface area contributed by atoms with Crippen LogP contribution in [0.25, 0.3) is 0 Å². The third-order valence-electron chi connectivity index (χ3n) is 4.43. The van der Waals surface area contributed by atoms with Gasteiger partial charge in [-0.3, -0.25) is 4.68 Å². The molecule has 0 saturated heterocycles. The molecule has 0 bridgehead atoms. The molecule has 1 fully saturated rings. The van der Waals surface area contributed by atoms with Gasteiger partial charge in [0.05, 0.1) is 5.69 Å². The standard InChI is InChI=1S/C15H27N3O2S/c1-13(2)10-15(7-4-5-8-15)12-17-21(19,20)11-14-6-9-16-18(14)3/h6,9,13,17H,4-5,7-8,10-12H2,1-3H3. The van der Waals surface area contributed by atoms with Gasteiger partial charge in [-0.15, -0.1) is 0 Å². The van der Waals surface area contributed by atoms with Crippen LogP contribution in [-0.2, 0) is 22.8 Å². The van der Waals surface area contributed by atoms with Gasteiger partial charge in [0.25, 0.3) is 0 Å². The maximum Gasteiger partial charge on any atom is 0.217 e. The average Bonchev–Trinajstić information content (AvgIpc) is 2.98. The molecule has 1 aliphatic carbocycles. The summed E-state index contributed by atoms with van der Waals surface area (Å²) in [5, 5.41) is 4.02. The molecule has 1 heterocycles. The normalized spacial score (nSPS) is 18.5. The Kier molecular flexibility index (Phi) is 5.09.